The van der Waals surface area contributed by atoms with Gasteiger partial charge in [-0.15, -0.1) is 0 Å². The predicted molar refractivity (Wildman–Crippen MR) is 59.6 cm³/mol. The van der Waals surface area contributed by atoms with Gasteiger partial charge in [0.05, 0.1) is 6.61 Å². The Bertz CT molecular complexity index is 387. The van der Waals surface area contributed by atoms with Gasteiger partial charge in [0, 0.05) is 24.2 Å². The normalized spacial score (nSPS) is 10.7. The van der Waals surface area contributed by atoms with Crippen molar-refractivity contribution in [2.45, 2.75) is 19.9 Å². The summed E-state index contributed by atoms with van der Waals surface area (Å²) in [6.07, 6.45) is 0. The average molecular weight is 243 g/mol. The lowest BCUT2D eigenvalue weighted by molar-refractivity contribution is 0.0664. The summed E-state index contributed by atoms with van der Waals surface area (Å²) in [4.78, 5) is 13.3. The van der Waals surface area contributed by atoms with Gasteiger partial charge < -0.3 is 10.0 Å². The van der Waals surface area contributed by atoms with Crippen LogP contribution in [0.25, 0.3) is 0 Å². The van der Waals surface area contributed by atoms with Crippen LogP contribution in [0.3, 0.4) is 0 Å². The van der Waals surface area contributed by atoms with Crippen LogP contribution in [0.2, 0.25) is 0 Å². The van der Waals surface area contributed by atoms with E-state index < -0.39 is 17.5 Å². The highest BCUT2D eigenvalue weighted by Gasteiger charge is 2.19. The van der Waals surface area contributed by atoms with Crippen molar-refractivity contribution in [3.63, 3.8) is 0 Å². The number of rotatable bonds is 4. The minimum Gasteiger partial charge on any atom is -0.395 e. The molecule has 0 radical (unpaired) electrons. The maximum atomic E-state index is 13.0. The maximum absolute atomic E-state index is 13.0. The third-order valence-electron chi connectivity index (χ3n) is 2.33. The Morgan fingerprint density at radius 1 is 1.29 bits per heavy atom. The van der Waals surface area contributed by atoms with Crippen LogP contribution in [0.1, 0.15) is 24.2 Å². The van der Waals surface area contributed by atoms with Gasteiger partial charge in [-0.3, -0.25) is 4.79 Å². The highest BCUT2D eigenvalue weighted by atomic mass is 19.1. The molecule has 1 rings (SSSR count). The van der Waals surface area contributed by atoms with Gasteiger partial charge in [-0.25, -0.2) is 8.78 Å². The molecule has 0 aliphatic rings. The van der Waals surface area contributed by atoms with E-state index in [1.807, 2.05) is 0 Å². The van der Waals surface area contributed by atoms with E-state index in [9.17, 15) is 13.6 Å². The van der Waals surface area contributed by atoms with E-state index in [1.54, 1.807) is 13.8 Å². The standard InChI is InChI=1S/C12H15F2NO2/c1-8(2)15(3-4-16)12(17)9-5-10(13)7-11(14)6-9/h5-8,16H,3-4H2,1-2H3. The van der Waals surface area contributed by atoms with E-state index in [0.717, 1.165) is 12.1 Å². The van der Waals surface area contributed by atoms with Crippen LogP contribution in [-0.4, -0.2) is 35.1 Å². The number of amides is 1. The lowest BCUT2D eigenvalue weighted by atomic mass is 10.1. The first-order valence-corrected chi connectivity index (χ1v) is 5.33. The van der Waals surface area contributed by atoms with E-state index in [2.05, 4.69) is 0 Å². The SMILES string of the molecule is CC(C)N(CCO)C(=O)c1cc(F)cc(F)c1. The zero-order chi connectivity index (χ0) is 13.0. The summed E-state index contributed by atoms with van der Waals surface area (Å²) < 4.78 is 26.0. The topological polar surface area (TPSA) is 40.5 Å². The van der Waals surface area contributed by atoms with Crippen molar-refractivity contribution in [2.24, 2.45) is 0 Å². The minimum atomic E-state index is -0.791. The van der Waals surface area contributed by atoms with Crippen LogP contribution in [0.15, 0.2) is 18.2 Å². The van der Waals surface area contributed by atoms with Crippen molar-refractivity contribution in [3.8, 4) is 0 Å². The molecule has 0 spiro atoms. The summed E-state index contributed by atoms with van der Waals surface area (Å²) in [7, 11) is 0. The van der Waals surface area contributed by atoms with Gasteiger partial charge in [-0.05, 0) is 26.0 Å². The summed E-state index contributed by atoms with van der Waals surface area (Å²) in [6.45, 7) is 3.47. The molecule has 0 saturated carbocycles. The highest BCUT2D eigenvalue weighted by Crippen LogP contribution is 2.12. The predicted octanol–water partition coefficient (Wildman–Crippen LogP) is 1.81. The van der Waals surface area contributed by atoms with E-state index in [0.29, 0.717) is 6.07 Å². The maximum Gasteiger partial charge on any atom is 0.254 e. The van der Waals surface area contributed by atoms with Gasteiger partial charge in [0.25, 0.3) is 5.91 Å². The minimum absolute atomic E-state index is 0.0512. The Morgan fingerprint density at radius 3 is 2.24 bits per heavy atom. The second-order valence-electron chi connectivity index (χ2n) is 3.97. The molecule has 0 bridgehead atoms. The molecule has 1 amide bonds. The molecule has 0 atom stereocenters. The Balaban J connectivity index is 3.00. The first-order chi connectivity index (χ1) is 7.95. The van der Waals surface area contributed by atoms with Crippen LogP contribution in [0.5, 0.6) is 0 Å². The first kappa shape index (κ1) is 13.6. The summed E-state index contributed by atoms with van der Waals surface area (Å²) in [6, 6.07) is 2.53. The van der Waals surface area contributed by atoms with Crippen LogP contribution in [-0.2, 0) is 0 Å². The van der Waals surface area contributed by atoms with Gasteiger partial charge in [-0.2, -0.15) is 0 Å². The van der Waals surface area contributed by atoms with Gasteiger partial charge in [0.1, 0.15) is 11.6 Å². The Morgan fingerprint density at radius 2 is 1.82 bits per heavy atom. The molecule has 5 heteroatoms. The lowest BCUT2D eigenvalue weighted by Gasteiger charge is -2.26. The van der Waals surface area contributed by atoms with Crippen molar-refractivity contribution in [1.29, 1.82) is 0 Å². The van der Waals surface area contributed by atoms with Gasteiger partial charge in [0.2, 0.25) is 0 Å². The molecule has 0 saturated heterocycles. The molecule has 1 N–H and O–H groups in total. The second kappa shape index (κ2) is 5.72. The lowest BCUT2D eigenvalue weighted by Crippen LogP contribution is -2.39. The molecular formula is C12H15F2NO2. The Labute approximate surface area is 98.7 Å². The van der Waals surface area contributed by atoms with Crippen molar-refractivity contribution >= 4 is 5.91 Å². The molecule has 0 unspecified atom stereocenters. The smallest absolute Gasteiger partial charge is 0.254 e. The number of aliphatic hydroxyl groups is 1. The zero-order valence-corrected chi connectivity index (χ0v) is 9.78. The number of hydrogen-bond acceptors (Lipinski definition) is 2. The number of aliphatic hydroxyl groups excluding tert-OH is 1. The van der Waals surface area contributed by atoms with Gasteiger partial charge >= 0.3 is 0 Å². The number of halogens is 2. The van der Waals surface area contributed by atoms with E-state index in [1.165, 1.54) is 4.90 Å². The van der Waals surface area contributed by atoms with Gasteiger partial charge in [-0.1, -0.05) is 0 Å². The molecule has 3 nitrogen and oxygen atoms in total. The summed E-state index contributed by atoms with van der Waals surface area (Å²) in [5.41, 5.74) is -0.0512. The summed E-state index contributed by atoms with van der Waals surface area (Å²) in [5, 5.41) is 8.85. The quantitative estimate of drug-likeness (QED) is 0.876. The molecular weight excluding hydrogens is 228 g/mol. The molecule has 1 aromatic carbocycles. The largest absolute Gasteiger partial charge is 0.395 e. The molecule has 0 aliphatic carbocycles. The molecule has 0 aromatic heterocycles. The Kier molecular flexibility index (Phi) is 4.57. The monoisotopic (exact) mass is 243 g/mol. The van der Waals surface area contributed by atoms with E-state index >= 15 is 0 Å². The van der Waals surface area contributed by atoms with Crippen LogP contribution in [0, 0.1) is 11.6 Å². The average Bonchev–Trinajstić information content (AvgIpc) is 2.23. The number of benzene rings is 1. The molecule has 1 aromatic rings. The third kappa shape index (κ3) is 3.49. The molecule has 17 heavy (non-hydrogen) atoms. The van der Waals surface area contributed by atoms with E-state index in [4.69, 9.17) is 5.11 Å². The number of carbonyl (C=O) groups excluding carboxylic acids is 1. The fraction of sp³-hybridized carbons (Fsp3) is 0.417. The van der Waals surface area contributed by atoms with Crippen molar-refractivity contribution < 1.29 is 18.7 Å². The Hall–Kier alpha value is -1.49. The second-order valence-corrected chi connectivity index (χ2v) is 3.97. The summed E-state index contributed by atoms with van der Waals surface area (Å²) >= 11 is 0. The van der Waals surface area contributed by atoms with Crippen LogP contribution in [0.4, 0.5) is 8.78 Å². The van der Waals surface area contributed by atoms with E-state index in [-0.39, 0.29) is 24.8 Å². The van der Waals surface area contributed by atoms with Gasteiger partial charge in [0.15, 0.2) is 0 Å². The zero-order valence-electron chi connectivity index (χ0n) is 9.78. The van der Waals surface area contributed by atoms with Crippen LogP contribution < -0.4 is 0 Å². The fourth-order valence-electron chi connectivity index (χ4n) is 1.55. The molecule has 0 fully saturated rings. The molecule has 0 aliphatic heterocycles. The van der Waals surface area contributed by atoms with Crippen molar-refractivity contribution in [3.05, 3.63) is 35.4 Å². The third-order valence-corrected chi connectivity index (χ3v) is 2.33. The fourth-order valence-corrected chi connectivity index (χ4v) is 1.55. The summed E-state index contributed by atoms with van der Waals surface area (Å²) in [5.74, 6) is -2.07. The molecule has 0 heterocycles. The van der Waals surface area contributed by atoms with Crippen molar-refractivity contribution in [1.82, 2.24) is 4.90 Å². The number of carbonyl (C=O) groups is 1. The first-order valence-electron chi connectivity index (χ1n) is 5.33. The molecule has 94 valence electrons. The highest BCUT2D eigenvalue weighted by molar-refractivity contribution is 5.94. The number of nitrogens with zero attached hydrogens (tertiary/aromatic N) is 1. The number of hydrogen-bond donors (Lipinski definition) is 1. The van der Waals surface area contributed by atoms with Crippen LogP contribution >= 0.6 is 0 Å². The van der Waals surface area contributed by atoms with Crippen molar-refractivity contribution in [2.75, 3.05) is 13.2 Å².